The summed E-state index contributed by atoms with van der Waals surface area (Å²) in [5.74, 6) is 0. The van der Waals surface area contributed by atoms with Crippen molar-refractivity contribution in [2.45, 2.75) is 0 Å². The van der Waals surface area contributed by atoms with Crippen LogP contribution in [0.2, 0.25) is 10.0 Å². The molecule has 2 rings (SSSR count). The van der Waals surface area contributed by atoms with Crippen LogP contribution in [0.3, 0.4) is 0 Å². The summed E-state index contributed by atoms with van der Waals surface area (Å²) in [6, 6.07) is 5.31. The second-order valence-corrected chi connectivity index (χ2v) is 3.95. The quantitative estimate of drug-likeness (QED) is 0.684. The maximum Gasteiger partial charge on any atom is 0.170 e. The van der Waals surface area contributed by atoms with Crippen molar-refractivity contribution in [1.29, 1.82) is 0 Å². The zero-order chi connectivity index (χ0) is 8.72. The Bertz CT molecular complexity index is 397. The number of halogens is 3. The molecule has 0 N–H and O–H groups in total. The van der Waals surface area contributed by atoms with E-state index >= 15 is 0 Å². The lowest BCUT2D eigenvalue weighted by Gasteiger charge is -1.93. The van der Waals surface area contributed by atoms with E-state index in [0.717, 1.165) is 11.0 Å². The van der Waals surface area contributed by atoms with E-state index in [1.807, 2.05) is 6.07 Å². The Kier molecular flexibility index (Phi) is 2.07. The highest BCUT2D eigenvalue weighted by atomic mass is 79.9. The van der Waals surface area contributed by atoms with E-state index in [4.69, 9.17) is 27.6 Å². The molecule has 0 fully saturated rings. The standard InChI is InChI=1S/C8H3BrCl2O/c9-8-2-4-1-5(10)6(11)3-7(4)12-8/h1-3H. The van der Waals surface area contributed by atoms with Crippen LogP contribution in [0.1, 0.15) is 0 Å². The fourth-order valence-corrected chi connectivity index (χ4v) is 1.75. The van der Waals surface area contributed by atoms with Gasteiger partial charge in [-0.1, -0.05) is 23.2 Å². The molecule has 0 bridgehead atoms. The van der Waals surface area contributed by atoms with Crippen molar-refractivity contribution in [1.82, 2.24) is 0 Å². The molecule has 0 spiro atoms. The predicted molar refractivity (Wildman–Crippen MR) is 53.9 cm³/mol. The summed E-state index contributed by atoms with van der Waals surface area (Å²) in [7, 11) is 0. The van der Waals surface area contributed by atoms with Crippen LogP contribution < -0.4 is 0 Å². The number of hydrogen-bond acceptors (Lipinski definition) is 1. The molecule has 1 aromatic heterocycles. The van der Waals surface area contributed by atoms with E-state index in [1.165, 1.54) is 0 Å². The van der Waals surface area contributed by atoms with Gasteiger partial charge in [0.15, 0.2) is 4.67 Å². The Morgan fingerprint density at radius 1 is 1.08 bits per heavy atom. The molecule has 62 valence electrons. The molecule has 2 aromatic rings. The van der Waals surface area contributed by atoms with Gasteiger partial charge in [0.1, 0.15) is 5.58 Å². The normalized spacial score (nSPS) is 10.9. The minimum atomic E-state index is 0.506. The molecule has 0 aliphatic rings. The van der Waals surface area contributed by atoms with E-state index in [0.29, 0.717) is 14.7 Å². The number of benzene rings is 1. The fraction of sp³-hybridized carbons (Fsp3) is 0. The molecule has 0 radical (unpaired) electrons. The number of furan rings is 1. The number of rotatable bonds is 0. The molecule has 0 amide bonds. The van der Waals surface area contributed by atoms with Crippen molar-refractivity contribution in [3.8, 4) is 0 Å². The molecule has 0 atom stereocenters. The van der Waals surface area contributed by atoms with Crippen LogP contribution in [-0.2, 0) is 0 Å². The van der Waals surface area contributed by atoms with Crippen LogP contribution in [0.5, 0.6) is 0 Å². The number of hydrogen-bond donors (Lipinski definition) is 0. The van der Waals surface area contributed by atoms with Crippen molar-refractivity contribution >= 4 is 50.1 Å². The Hall–Kier alpha value is -0.180. The fourth-order valence-electron chi connectivity index (χ4n) is 1.00. The maximum absolute atomic E-state index is 5.81. The Morgan fingerprint density at radius 3 is 2.50 bits per heavy atom. The lowest BCUT2D eigenvalue weighted by atomic mass is 10.3. The van der Waals surface area contributed by atoms with Gasteiger partial charge in [-0.3, -0.25) is 0 Å². The lowest BCUT2D eigenvalue weighted by Crippen LogP contribution is -1.67. The molecule has 0 saturated carbocycles. The molecule has 4 heteroatoms. The summed E-state index contributed by atoms with van der Waals surface area (Å²) in [5.41, 5.74) is 0.733. The monoisotopic (exact) mass is 264 g/mol. The average Bonchev–Trinajstić information content (AvgIpc) is 2.30. The Balaban J connectivity index is 2.83. The largest absolute Gasteiger partial charge is 0.449 e. The van der Waals surface area contributed by atoms with Crippen molar-refractivity contribution in [3.05, 3.63) is 32.9 Å². The summed E-state index contributed by atoms with van der Waals surface area (Å²) in [6.07, 6.45) is 0. The van der Waals surface area contributed by atoms with Gasteiger partial charge in [0.2, 0.25) is 0 Å². The van der Waals surface area contributed by atoms with E-state index < -0.39 is 0 Å². The van der Waals surface area contributed by atoms with Crippen molar-refractivity contribution in [2.75, 3.05) is 0 Å². The zero-order valence-corrected chi connectivity index (χ0v) is 8.87. The third-order valence-electron chi connectivity index (χ3n) is 1.53. The molecule has 12 heavy (non-hydrogen) atoms. The third kappa shape index (κ3) is 1.35. The predicted octanol–water partition coefficient (Wildman–Crippen LogP) is 4.50. The summed E-state index contributed by atoms with van der Waals surface area (Å²) in [6.45, 7) is 0. The first kappa shape index (κ1) is 8.42. The van der Waals surface area contributed by atoms with Crippen LogP contribution in [0.25, 0.3) is 11.0 Å². The van der Waals surface area contributed by atoms with E-state index in [9.17, 15) is 0 Å². The first-order valence-corrected chi connectivity index (χ1v) is 4.76. The van der Waals surface area contributed by atoms with Crippen LogP contribution in [-0.4, -0.2) is 0 Å². The van der Waals surface area contributed by atoms with Crippen LogP contribution >= 0.6 is 39.1 Å². The SMILES string of the molecule is Clc1cc2cc(Br)oc2cc1Cl. The van der Waals surface area contributed by atoms with Gasteiger partial charge in [-0.05, 0) is 28.1 Å². The van der Waals surface area contributed by atoms with Gasteiger partial charge in [0.05, 0.1) is 10.0 Å². The molecule has 0 aliphatic carbocycles. The zero-order valence-electron chi connectivity index (χ0n) is 5.77. The van der Waals surface area contributed by atoms with E-state index in [-0.39, 0.29) is 0 Å². The molecular weight excluding hydrogens is 263 g/mol. The van der Waals surface area contributed by atoms with Gasteiger partial charge in [-0.15, -0.1) is 0 Å². The summed E-state index contributed by atoms with van der Waals surface area (Å²) in [5, 5.41) is 1.99. The van der Waals surface area contributed by atoms with Gasteiger partial charge in [-0.25, -0.2) is 0 Å². The van der Waals surface area contributed by atoms with Gasteiger partial charge >= 0.3 is 0 Å². The maximum atomic E-state index is 5.81. The van der Waals surface area contributed by atoms with Crippen LogP contribution in [0, 0.1) is 0 Å². The summed E-state index contributed by atoms with van der Waals surface area (Å²) < 4.78 is 5.95. The molecule has 1 heterocycles. The smallest absolute Gasteiger partial charge is 0.170 e. The van der Waals surface area contributed by atoms with E-state index in [1.54, 1.807) is 12.1 Å². The van der Waals surface area contributed by atoms with Gasteiger partial charge < -0.3 is 4.42 Å². The minimum absolute atomic E-state index is 0.506. The molecule has 1 nitrogen and oxygen atoms in total. The van der Waals surface area contributed by atoms with Crippen molar-refractivity contribution < 1.29 is 4.42 Å². The van der Waals surface area contributed by atoms with Crippen molar-refractivity contribution in [2.24, 2.45) is 0 Å². The first-order valence-electron chi connectivity index (χ1n) is 3.21. The summed E-state index contributed by atoms with van der Waals surface area (Å²) >= 11 is 14.8. The van der Waals surface area contributed by atoms with Gasteiger partial charge in [-0.2, -0.15) is 0 Å². The average molecular weight is 266 g/mol. The van der Waals surface area contributed by atoms with E-state index in [2.05, 4.69) is 15.9 Å². The highest BCUT2D eigenvalue weighted by Gasteiger charge is 2.04. The Morgan fingerprint density at radius 2 is 1.75 bits per heavy atom. The lowest BCUT2D eigenvalue weighted by molar-refractivity contribution is 0.587. The molecule has 0 aliphatic heterocycles. The molecular formula is C8H3BrCl2O. The summed E-state index contributed by atoms with van der Waals surface area (Å²) in [4.78, 5) is 0. The first-order chi connectivity index (χ1) is 5.66. The van der Waals surface area contributed by atoms with Gasteiger partial charge in [0, 0.05) is 11.5 Å². The highest BCUT2D eigenvalue weighted by molar-refractivity contribution is 9.10. The van der Waals surface area contributed by atoms with Crippen LogP contribution in [0.15, 0.2) is 27.3 Å². The van der Waals surface area contributed by atoms with Gasteiger partial charge in [0.25, 0.3) is 0 Å². The molecule has 0 saturated heterocycles. The van der Waals surface area contributed by atoms with Crippen molar-refractivity contribution in [3.63, 3.8) is 0 Å². The van der Waals surface area contributed by atoms with Crippen LogP contribution in [0.4, 0.5) is 0 Å². The second-order valence-electron chi connectivity index (χ2n) is 2.35. The highest BCUT2D eigenvalue weighted by Crippen LogP contribution is 2.31. The molecule has 0 unspecified atom stereocenters. The second kappa shape index (κ2) is 2.95. The topological polar surface area (TPSA) is 13.1 Å². The third-order valence-corrected chi connectivity index (χ3v) is 2.64. The Labute approximate surface area is 87.4 Å². The molecule has 1 aromatic carbocycles. The number of fused-ring (bicyclic) bond motifs is 1. The minimum Gasteiger partial charge on any atom is -0.449 e.